The van der Waals surface area contributed by atoms with Crippen LogP contribution in [0.4, 0.5) is 0 Å². The molecule has 174 valence electrons. The molecule has 0 unspecified atom stereocenters. The fourth-order valence-corrected chi connectivity index (χ4v) is 5.76. The van der Waals surface area contributed by atoms with E-state index in [1.54, 1.807) is 0 Å². The Morgan fingerprint density at radius 2 is 1.41 bits per heavy atom. The van der Waals surface area contributed by atoms with Crippen LogP contribution in [0, 0.1) is 0 Å². The van der Waals surface area contributed by atoms with Gasteiger partial charge in [0.15, 0.2) is 0 Å². The summed E-state index contributed by atoms with van der Waals surface area (Å²) in [6.07, 6.45) is 0. The summed E-state index contributed by atoms with van der Waals surface area (Å²) in [6.45, 7) is 2.03. The zero-order chi connectivity index (χ0) is 22.6. The Kier molecular flexibility index (Phi) is 8.39. The van der Waals surface area contributed by atoms with Crippen LogP contribution in [0.25, 0.3) is 43.4 Å². The Balaban J connectivity index is 0.00000274. The molecular formula is C30H29Cl2NS. The summed E-state index contributed by atoms with van der Waals surface area (Å²) in [6, 6.07) is 33.5. The highest BCUT2D eigenvalue weighted by molar-refractivity contribution is 7.99. The number of halogens is 2. The number of rotatable bonds is 8. The molecule has 0 aromatic heterocycles. The largest absolute Gasteiger partial charge is 0.301 e. The van der Waals surface area contributed by atoms with Crippen molar-refractivity contribution in [3.8, 4) is 11.1 Å². The molecule has 0 radical (unpaired) electrons. The monoisotopic (exact) mass is 505 g/mol. The van der Waals surface area contributed by atoms with Crippen molar-refractivity contribution in [2.45, 2.75) is 6.54 Å². The van der Waals surface area contributed by atoms with Gasteiger partial charge in [-0.05, 0) is 62.1 Å². The molecule has 0 amide bonds. The first-order chi connectivity index (χ1) is 16.2. The fourth-order valence-electron chi connectivity index (χ4n) is 4.68. The average Bonchev–Trinajstić information content (AvgIpc) is 2.86. The van der Waals surface area contributed by atoms with Crippen molar-refractivity contribution in [2.24, 2.45) is 0 Å². The zero-order valence-corrected chi connectivity index (χ0v) is 21.7. The Morgan fingerprint density at radius 3 is 2.18 bits per heavy atom. The maximum atomic E-state index is 5.78. The van der Waals surface area contributed by atoms with Crippen molar-refractivity contribution < 1.29 is 0 Å². The van der Waals surface area contributed by atoms with E-state index in [-0.39, 0.29) is 12.4 Å². The highest BCUT2D eigenvalue weighted by Crippen LogP contribution is 2.39. The van der Waals surface area contributed by atoms with E-state index in [9.17, 15) is 0 Å². The van der Waals surface area contributed by atoms with Crippen molar-refractivity contribution in [3.63, 3.8) is 0 Å². The minimum absolute atomic E-state index is 0. The average molecular weight is 507 g/mol. The van der Waals surface area contributed by atoms with Crippen LogP contribution in [-0.2, 0) is 6.54 Å². The summed E-state index contributed by atoms with van der Waals surface area (Å²) >= 11 is 7.70. The highest BCUT2D eigenvalue weighted by Gasteiger charge is 2.12. The summed E-state index contributed by atoms with van der Waals surface area (Å²) in [4.78, 5) is 2.38. The lowest BCUT2D eigenvalue weighted by atomic mass is 9.89. The third kappa shape index (κ3) is 5.21. The molecule has 0 aliphatic carbocycles. The van der Waals surface area contributed by atoms with Gasteiger partial charge in [-0.15, -0.1) is 24.0 Å². The Bertz CT molecular complexity index is 1400. The van der Waals surface area contributed by atoms with Crippen LogP contribution in [0.1, 0.15) is 5.56 Å². The minimum atomic E-state index is 0. The lowest BCUT2D eigenvalue weighted by molar-refractivity contribution is 0.349. The zero-order valence-electron chi connectivity index (χ0n) is 19.3. The first kappa shape index (κ1) is 24.9. The predicted molar refractivity (Wildman–Crippen MR) is 156 cm³/mol. The standard InChI is InChI=1S/C30H28ClNS.ClH/c1-32(17-19-33-18-16-31)21-22-10-12-24(13-11-22)30-27-9-5-3-7-25(27)20-29-26-8-4-2-6-23(26)14-15-28(29)30;/h2-15,20H,16-19,21H2,1H3;1H. The quantitative estimate of drug-likeness (QED) is 0.0897. The summed E-state index contributed by atoms with van der Waals surface area (Å²) < 4.78 is 0. The Morgan fingerprint density at radius 1 is 0.706 bits per heavy atom. The van der Waals surface area contributed by atoms with E-state index in [0.29, 0.717) is 0 Å². The molecule has 0 saturated heterocycles. The molecule has 5 rings (SSSR count). The van der Waals surface area contributed by atoms with Crippen LogP contribution in [0.15, 0.2) is 91.0 Å². The van der Waals surface area contributed by atoms with Crippen LogP contribution < -0.4 is 0 Å². The van der Waals surface area contributed by atoms with E-state index in [4.69, 9.17) is 11.6 Å². The van der Waals surface area contributed by atoms with Gasteiger partial charge in [0.05, 0.1) is 0 Å². The van der Waals surface area contributed by atoms with Gasteiger partial charge in [0.25, 0.3) is 0 Å². The van der Waals surface area contributed by atoms with E-state index in [0.717, 1.165) is 30.5 Å². The molecule has 0 aliphatic heterocycles. The molecular weight excluding hydrogens is 477 g/mol. The smallest absolute Gasteiger partial charge is 0.0314 e. The van der Waals surface area contributed by atoms with Gasteiger partial charge in [0.1, 0.15) is 0 Å². The van der Waals surface area contributed by atoms with Crippen LogP contribution in [0.2, 0.25) is 0 Å². The number of alkyl halides is 1. The third-order valence-corrected chi connectivity index (χ3v) is 7.68. The van der Waals surface area contributed by atoms with Gasteiger partial charge >= 0.3 is 0 Å². The summed E-state index contributed by atoms with van der Waals surface area (Å²) in [5, 5.41) is 7.82. The molecule has 0 spiro atoms. The molecule has 0 aliphatic rings. The van der Waals surface area contributed by atoms with Crippen LogP contribution >= 0.6 is 35.8 Å². The molecule has 0 N–H and O–H groups in total. The number of hydrogen-bond donors (Lipinski definition) is 0. The van der Waals surface area contributed by atoms with E-state index in [1.165, 1.54) is 49.0 Å². The molecule has 34 heavy (non-hydrogen) atoms. The van der Waals surface area contributed by atoms with Gasteiger partial charge in [-0.3, -0.25) is 0 Å². The van der Waals surface area contributed by atoms with Crippen molar-refractivity contribution >= 4 is 68.1 Å². The van der Waals surface area contributed by atoms with Gasteiger partial charge in [-0.2, -0.15) is 11.8 Å². The highest BCUT2D eigenvalue weighted by atomic mass is 35.5. The summed E-state index contributed by atoms with van der Waals surface area (Å²) in [5.74, 6) is 2.88. The van der Waals surface area contributed by atoms with Crippen molar-refractivity contribution in [2.75, 3.05) is 31.0 Å². The maximum absolute atomic E-state index is 5.78. The van der Waals surface area contributed by atoms with Crippen molar-refractivity contribution in [3.05, 3.63) is 96.6 Å². The fraction of sp³-hybridized carbons (Fsp3) is 0.200. The van der Waals surface area contributed by atoms with E-state index < -0.39 is 0 Å². The maximum Gasteiger partial charge on any atom is 0.0314 e. The normalized spacial score (nSPS) is 11.4. The van der Waals surface area contributed by atoms with E-state index in [2.05, 4.69) is 103 Å². The topological polar surface area (TPSA) is 3.24 Å². The lowest BCUT2D eigenvalue weighted by Crippen LogP contribution is -2.20. The SMILES string of the molecule is CN(CCSCCCl)Cc1ccc(-c2c3ccccc3cc3c2ccc2ccccc23)cc1.Cl. The van der Waals surface area contributed by atoms with Gasteiger partial charge in [-0.25, -0.2) is 0 Å². The third-order valence-electron chi connectivity index (χ3n) is 6.30. The number of nitrogens with zero attached hydrogens (tertiary/aromatic N) is 1. The van der Waals surface area contributed by atoms with Crippen LogP contribution in [0.5, 0.6) is 0 Å². The summed E-state index contributed by atoms with van der Waals surface area (Å²) in [5.41, 5.74) is 3.95. The Labute approximate surface area is 217 Å². The first-order valence-electron chi connectivity index (χ1n) is 11.5. The second kappa shape index (κ2) is 11.5. The minimum Gasteiger partial charge on any atom is -0.301 e. The second-order valence-corrected chi connectivity index (χ2v) is 10.2. The van der Waals surface area contributed by atoms with Crippen molar-refractivity contribution in [1.82, 2.24) is 4.90 Å². The number of benzene rings is 5. The molecule has 4 heteroatoms. The number of hydrogen-bond acceptors (Lipinski definition) is 2. The summed E-state index contributed by atoms with van der Waals surface area (Å²) in [7, 11) is 2.19. The molecule has 5 aromatic carbocycles. The van der Waals surface area contributed by atoms with Crippen molar-refractivity contribution in [1.29, 1.82) is 0 Å². The molecule has 0 heterocycles. The lowest BCUT2D eigenvalue weighted by Gasteiger charge is -2.17. The molecule has 1 nitrogen and oxygen atoms in total. The Hall–Kier alpha value is -2.23. The van der Waals surface area contributed by atoms with Crippen LogP contribution in [0.3, 0.4) is 0 Å². The van der Waals surface area contributed by atoms with Gasteiger partial charge < -0.3 is 4.90 Å². The van der Waals surface area contributed by atoms with Gasteiger partial charge in [0, 0.05) is 30.5 Å². The molecule has 0 atom stereocenters. The second-order valence-electron chi connectivity index (χ2n) is 8.59. The van der Waals surface area contributed by atoms with Gasteiger partial charge in [0.2, 0.25) is 0 Å². The van der Waals surface area contributed by atoms with Gasteiger partial charge in [-0.1, -0.05) is 84.9 Å². The van der Waals surface area contributed by atoms with Crippen LogP contribution in [-0.4, -0.2) is 35.9 Å². The number of fused-ring (bicyclic) bond motifs is 4. The predicted octanol–water partition coefficient (Wildman–Crippen LogP) is 8.64. The molecule has 0 bridgehead atoms. The number of thioether (sulfide) groups is 1. The van der Waals surface area contributed by atoms with E-state index in [1.807, 2.05) is 11.8 Å². The first-order valence-corrected chi connectivity index (χ1v) is 13.2. The molecule has 0 fully saturated rings. The van der Waals surface area contributed by atoms with E-state index >= 15 is 0 Å². The molecule has 0 saturated carbocycles. The molecule has 5 aromatic rings.